The Labute approximate surface area is 154 Å². The third-order valence-corrected chi connectivity index (χ3v) is 6.10. The zero-order chi connectivity index (χ0) is 19.3. The van der Waals surface area contributed by atoms with Gasteiger partial charge in [-0.2, -0.15) is 0 Å². The van der Waals surface area contributed by atoms with Crippen LogP contribution in [0.15, 0.2) is 23.1 Å². The average Bonchev–Trinajstić information content (AvgIpc) is 3.15. The minimum absolute atomic E-state index is 0.0217. The second-order valence-corrected chi connectivity index (χ2v) is 8.37. The third-order valence-electron chi connectivity index (χ3n) is 4.27. The normalized spacial score (nSPS) is 14.5. The van der Waals surface area contributed by atoms with Crippen molar-refractivity contribution in [2.45, 2.75) is 24.2 Å². The lowest BCUT2D eigenvalue weighted by Gasteiger charge is -2.16. The minimum Gasteiger partial charge on any atom is -0.495 e. The molecule has 8 nitrogen and oxygen atoms in total. The topological polar surface area (TPSA) is 96.0 Å². The number of ether oxygens (including phenoxy) is 1. The molecule has 1 aromatic carbocycles. The Kier molecular flexibility index (Phi) is 6.60. The lowest BCUT2D eigenvalue weighted by Crippen LogP contribution is -2.32. The van der Waals surface area contributed by atoms with Crippen LogP contribution in [0.3, 0.4) is 0 Å². The molecule has 1 N–H and O–H groups in total. The van der Waals surface area contributed by atoms with Crippen LogP contribution in [-0.4, -0.2) is 70.3 Å². The monoisotopic (exact) mass is 383 g/mol. The molecule has 26 heavy (non-hydrogen) atoms. The summed E-state index contributed by atoms with van der Waals surface area (Å²) in [6.45, 7) is 1.75. The summed E-state index contributed by atoms with van der Waals surface area (Å²) in [5.74, 6) is -0.245. The SMILES string of the molecule is COc1ccc(C(=O)NCCC(=O)N2CCCC2)cc1S(=O)(=O)N(C)C. The number of amides is 2. The van der Waals surface area contributed by atoms with Crippen LogP contribution in [0.1, 0.15) is 29.6 Å². The van der Waals surface area contributed by atoms with Gasteiger partial charge in [0, 0.05) is 45.7 Å². The van der Waals surface area contributed by atoms with Gasteiger partial charge in [0.05, 0.1) is 7.11 Å². The van der Waals surface area contributed by atoms with Gasteiger partial charge in [-0.3, -0.25) is 9.59 Å². The highest BCUT2D eigenvalue weighted by Gasteiger charge is 2.24. The van der Waals surface area contributed by atoms with E-state index < -0.39 is 15.9 Å². The van der Waals surface area contributed by atoms with Gasteiger partial charge >= 0.3 is 0 Å². The number of nitrogens with zero attached hydrogens (tertiary/aromatic N) is 2. The van der Waals surface area contributed by atoms with E-state index in [2.05, 4.69) is 5.32 Å². The molecule has 1 saturated heterocycles. The van der Waals surface area contributed by atoms with Crippen LogP contribution in [0.5, 0.6) is 5.75 Å². The van der Waals surface area contributed by atoms with Crippen LogP contribution in [-0.2, 0) is 14.8 Å². The van der Waals surface area contributed by atoms with Gasteiger partial charge in [-0.05, 0) is 31.0 Å². The van der Waals surface area contributed by atoms with E-state index in [1.807, 2.05) is 0 Å². The van der Waals surface area contributed by atoms with Crippen molar-refractivity contribution in [1.29, 1.82) is 0 Å². The fourth-order valence-corrected chi connectivity index (χ4v) is 3.80. The highest BCUT2D eigenvalue weighted by molar-refractivity contribution is 7.89. The van der Waals surface area contributed by atoms with Crippen molar-refractivity contribution in [3.05, 3.63) is 23.8 Å². The Hall–Kier alpha value is -2.13. The second kappa shape index (κ2) is 8.50. The van der Waals surface area contributed by atoms with Gasteiger partial charge in [-0.15, -0.1) is 0 Å². The number of benzene rings is 1. The van der Waals surface area contributed by atoms with Crippen LogP contribution >= 0.6 is 0 Å². The molecule has 0 radical (unpaired) electrons. The smallest absolute Gasteiger partial charge is 0.251 e. The van der Waals surface area contributed by atoms with Gasteiger partial charge in [0.25, 0.3) is 5.91 Å². The lowest BCUT2D eigenvalue weighted by molar-refractivity contribution is -0.129. The first-order chi connectivity index (χ1) is 12.3. The van der Waals surface area contributed by atoms with Gasteiger partial charge in [-0.25, -0.2) is 12.7 Å². The number of sulfonamides is 1. The number of rotatable bonds is 7. The standard InChI is InChI=1S/C17H25N3O5S/c1-19(2)26(23,24)15-12-13(6-7-14(15)25-3)17(22)18-9-8-16(21)20-10-4-5-11-20/h6-7,12H,4-5,8-11H2,1-3H3,(H,18,22). The van der Waals surface area contributed by atoms with Gasteiger partial charge in [0.15, 0.2) is 0 Å². The molecule has 0 aliphatic carbocycles. The van der Waals surface area contributed by atoms with E-state index in [9.17, 15) is 18.0 Å². The summed E-state index contributed by atoms with van der Waals surface area (Å²) in [7, 11) is 0.432. The number of carbonyl (C=O) groups excluding carboxylic acids is 2. The summed E-state index contributed by atoms with van der Waals surface area (Å²) in [6.07, 6.45) is 2.27. The van der Waals surface area contributed by atoms with Gasteiger partial charge in [0.2, 0.25) is 15.9 Å². The van der Waals surface area contributed by atoms with E-state index in [1.165, 1.54) is 39.4 Å². The first kappa shape index (κ1) is 20.2. The molecule has 9 heteroatoms. The van der Waals surface area contributed by atoms with Crippen molar-refractivity contribution in [2.24, 2.45) is 0 Å². The molecule has 144 valence electrons. The Bertz CT molecular complexity index is 771. The average molecular weight is 383 g/mol. The van der Waals surface area contributed by atoms with Gasteiger partial charge in [-0.1, -0.05) is 0 Å². The molecule has 1 fully saturated rings. The third kappa shape index (κ3) is 4.53. The second-order valence-electron chi connectivity index (χ2n) is 6.25. The molecule has 1 aromatic rings. The number of methoxy groups -OCH3 is 1. The summed E-state index contributed by atoms with van der Waals surface area (Å²) < 4.78 is 31.0. The summed E-state index contributed by atoms with van der Waals surface area (Å²) in [5.41, 5.74) is 0.194. The molecule has 0 bridgehead atoms. The molecular formula is C17H25N3O5S. The maximum atomic E-state index is 12.4. The van der Waals surface area contributed by atoms with E-state index in [0.717, 1.165) is 30.2 Å². The summed E-state index contributed by atoms with van der Waals surface area (Å²) in [4.78, 5) is 26.0. The molecule has 0 aromatic heterocycles. The molecular weight excluding hydrogens is 358 g/mol. The molecule has 1 aliphatic rings. The van der Waals surface area contributed by atoms with E-state index in [4.69, 9.17) is 4.74 Å². The van der Waals surface area contributed by atoms with Crippen LogP contribution in [0, 0.1) is 0 Å². The summed E-state index contributed by atoms with van der Waals surface area (Å²) in [5, 5.41) is 2.66. The molecule has 0 spiro atoms. The molecule has 2 rings (SSSR count). The van der Waals surface area contributed by atoms with Crippen LogP contribution < -0.4 is 10.1 Å². The number of hydrogen-bond donors (Lipinski definition) is 1. The predicted octanol–water partition coefficient (Wildman–Crippen LogP) is 0.688. The molecule has 1 aliphatic heterocycles. The Morgan fingerprint density at radius 3 is 2.46 bits per heavy atom. The highest BCUT2D eigenvalue weighted by atomic mass is 32.2. The zero-order valence-electron chi connectivity index (χ0n) is 15.3. The van der Waals surface area contributed by atoms with Crippen molar-refractivity contribution in [2.75, 3.05) is 40.8 Å². The van der Waals surface area contributed by atoms with Crippen molar-refractivity contribution < 1.29 is 22.7 Å². The summed E-state index contributed by atoms with van der Waals surface area (Å²) in [6, 6.07) is 4.22. The lowest BCUT2D eigenvalue weighted by atomic mass is 10.2. The van der Waals surface area contributed by atoms with E-state index in [-0.39, 0.29) is 35.1 Å². The highest BCUT2D eigenvalue weighted by Crippen LogP contribution is 2.26. The quantitative estimate of drug-likeness (QED) is 0.747. The van der Waals surface area contributed by atoms with E-state index in [1.54, 1.807) is 4.90 Å². The predicted molar refractivity (Wildman–Crippen MR) is 96.6 cm³/mol. The summed E-state index contributed by atoms with van der Waals surface area (Å²) >= 11 is 0. The number of likely N-dealkylation sites (tertiary alicyclic amines) is 1. The zero-order valence-corrected chi connectivity index (χ0v) is 16.1. The van der Waals surface area contributed by atoms with E-state index >= 15 is 0 Å². The Morgan fingerprint density at radius 1 is 1.23 bits per heavy atom. The van der Waals surface area contributed by atoms with Crippen LogP contribution in [0.4, 0.5) is 0 Å². The largest absolute Gasteiger partial charge is 0.495 e. The van der Waals surface area contributed by atoms with Gasteiger partial charge in [0.1, 0.15) is 10.6 Å². The maximum Gasteiger partial charge on any atom is 0.251 e. The molecule has 1 heterocycles. The first-order valence-corrected chi connectivity index (χ1v) is 9.88. The fraction of sp³-hybridized carbons (Fsp3) is 0.529. The van der Waals surface area contributed by atoms with E-state index in [0.29, 0.717) is 0 Å². The molecule has 0 saturated carbocycles. The van der Waals surface area contributed by atoms with Gasteiger partial charge < -0.3 is 15.0 Å². The Balaban J connectivity index is 2.05. The van der Waals surface area contributed by atoms with Crippen molar-refractivity contribution in [3.8, 4) is 5.75 Å². The van der Waals surface area contributed by atoms with Crippen LogP contribution in [0.25, 0.3) is 0 Å². The molecule has 2 amide bonds. The number of nitrogens with one attached hydrogen (secondary N) is 1. The number of hydrogen-bond acceptors (Lipinski definition) is 5. The molecule has 0 atom stereocenters. The van der Waals surface area contributed by atoms with Crippen molar-refractivity contribution >= 4 is 21.8 Å². The molecule has 0 unspecified atom stereocenters. The van der Waals surface area contributed by atoms with Crippen molar-refractivity contribution in [3.63, 3.8) is 0 Å². The van der Waals surface area contributed by atoms with Crippen LogP contribution in [0.2, 0.25) is 0 Å². The Morgan fingerprint density at radius 2 is 1.88 bits per heavy atom. The van der Waals surface area contributed by atoms with Crippen molar-refractivity contribution in [1.82, 2.24) is 14.5 Å². The first-order valence-electron chi connectivity index (χ1n) is 8.44. The maximum absolute atomic E-state index is 12.4. The minimum atomic E-state index is -3.75. The number of carbonyl (C=O) groups is 2. The fourth-order valence-electron chi connectivity index (χ4n) is 2.73.